The maximum atomic E-state index is 5.18. The van der Waals surface area contributed by atoms with E-state index in [9.17, 15) is 0 Å². The number of pyridine rings is 1. The standard InChI is InChI=1S/C11H9BrINO/c1-6-11(13)10(12)8-4-3-7(15-2)5-9(8)14-6/h3-5H,1-2H3. The molecular weight excluding hydrogens is 369 g/mol. The smallest absolute Gasteiger partial charge is 0.121 e. The number of methoxy groups -OCH3 is 1. The molecule has 1 aromatic heterocycles. The third-order valence-corrected chi connectivity index (χ3v) is 5.12. The Labute approximate surface area is 110 Å². The predicted octanol–water partition coefficient (Wildman–Crippen LogP) is 3.92. The molecule has 0 bridgehead atoms. The molecule has 2 rings (SSSR count). The Balaban J connectivity index is 2.80. The summed E-state index contributed by atoms with van der Waals surface area (Å²) < 4.78 is 7.44. The summed E-state index contributed by atoms with van der Waals surface area (Å²) in [6, 6.07) is 5.91. The molecule has 2 nitrogen and oxygen atoms in total. The van der Waals surface area contributed by atoms with Crippen molar-refractivity contribution in [2.24, 2.45) is 0 Å². The summed E-state index contributed by atoms with van der Waals surface area (Å²) in [4.78, 5) is 4.53. The lowest BCUT2D eigenvalue weighted by molar-refractivity contribution is 0.415. The Morgan fingerprint density at radius 1 is 1.40 bits per heavy atom. The fourth-order valence-electron chi connectivity index (χ4n) is 1.42. The lowest BCUT2D eigenvalue weighted by Gasteiger charge is -2.07. The molecule has 0 aliphatic rings. The van der Waals surface area contributed by atoms with Crippen LogP contribution in [-0.2, 0) is 0 Å². The van der Waals surface area contributed by atoms with Crippen LogP contribution in [0.5, 0.6) is 5.75 Å². The van der Waals surface area contributed by atoms with Gasteiger partial charge in [-0.25, -0.2) is 0 Å². The first-order valence-corrected chi connectivity index (χ1v) is 6.30. The zero-order valence-electron chi connectivity index (χ0n) is 8.34. The molecule has 0 N–H and O–H groups in total. The first-order chi connectivity index (χ1) is 7.13. The summed E-state index contributed by atoms with van der Waals surface area (Å²) in [6.45, 7) is 2.01. The Morgan fingerprint density at radius 2 is 2.13 bits per heavy atom. The minimum Gasteiger partial charge on any atom is -0.497 e. The minimum atomic E-state index is 0.836. The van der Waals surface area contributed by atoms with Crippen LogP contribution in [0.2, 0.25) is 0 Å². The zero-order chi connectivity index (χ0) is 11.0. The maximum Gasteiger partial charge on any atom is 0.121 e. The van der Waals surface area contributed by atoms with Crippen molar-refractivity contribution in [2.75, 3.05) is 7.11 Å². The van der Waals surface area contributed by atoms with Crippen molar-refractivity contribution in [1.82, 2.24) is 4.98 Å². The van der Waals surface area contributed by atoms with Crippen LogP contribution in [0.15, 0.2) is 22.7 Å². The van der Waals surface area contributed by atoms with Crippen molar-refractivity contribution >= 4 is 49.4 Å². The van der Waals surface area contributed by atoms with E-state index in [1.165, 1.54) is 0 Å². The third-order valence-electron chi connectivity index (χ3n) is 2.24. The normalized spacial score (nSPS) is 10.7. The summed E-state index contributed by atoms with van der Waals surface area (Å²) in [7, 11) is 1.66. The average Bonchev–Trinajstić information content (AvgIpc) is 2.25. The molecule has 0 amide bonds. The van der Waals surface area contributed by atoms with Gasteiger partial charge in [-0.15, -0.1) is 0 Å². The van der Waals surface area contributed by atoms with Crippen molar-refractivity contribution in [3.8, 4) is 5.75 Å². The molecule has 0 radical (unpaired) electrons. The molecule has 0 atom stereocenters. The molecule has 1 aromatic carbocycles. The lowest BCUT2D eigenvalue weighted by Crippen LogP contribution is -1.91. The molecule has 0 spiro atoms. The Bertz CT molecular complexity index is 527. The van der Waals surface area contributed by atoms with Crippen LogP contribution >= 0.6 is 38.5 Å². The second-order valence-electron chi connectivity index (χ2n) is 3.21. The molecular formula is C11H9BrINO. The first kappa shape index (κ1) is 11.1. The number of aryl methyl sites for hydroxylation is 1. The van der Waals surface area contributed by atoms with Gasteiger partial charge in [0.2, 0.25) is 0 Å². The van der Waals surface area contributed by atoms with Crippen molar-refractivity contribution in [1.29, 1.82) is 0 Å². The molecule has 0 unspecified atom stereocenters. The van der Waals surface area contributed by atoms with Gasteiger partial charge in [-0.1, -0.05) is 0 Å². The highest BCUT2D eigenvalue weighted by Gasteiger charge is 2.08. The number of aromatic nitrogens is 1. The van der Waals surface area contributed by atoms with Crippen LogP contribution in [0.1, 0.15) is 5.69 Å². The van der Waals surface area contributed by atoms with Crippen molar-refractivity contribution in [3.05, 3.63) is 31.9 Å². The predicted molar refractivity (Wildman–Crippen MR) is 73.4 cm³/mol. The van der Waals surface area contributed by atoms with Crippen molar-refractivity contribution in [2.45, 2.75) is 6.92 Å². The van der Waals surface area contributed by atoms with Gasteiger partial charge >= 0.3 is 0 Å². The number of rotatable bonds is 1. The zero-order valence-corrected chi connectivity index (χ0v) is 12.1. The summed E-state index contributed by atoms with van der Waals surface area (Å²) in [5, 5.41) is 1.12. The molecule has 1 heterocycles. The Hall–Kier alpha value is -0.360. The summed E-state index contributed by atoms with van der Waals surface area (Å²) in [5.74, 6) is 0.836. The third kappa shape index (κ3) is 1.97. The Kier molecular flexibility index (Phi) is 3.16. The van der Waals surface area contributed by atoms with Gasteiger partial charge < -0.3 is 4.74 Å². The molecule has 0 aliphatic heterocycles. The highest BCUT2D eigenvalue weighted by molar-refractivity contribution is 14.1. The summed E-state index contributed by atoms with van der Waals surface area (Å²) >= 11 is 5.88. The van der Waals surface area contributed by atoms with Gasteiger partial charge in [-0.05, 0) is 57.6 Å². The van der Waals surface area contributed by atoms with E-state index in [1.54, 1.807) is 7.11 Å². The van der Waals surface area contributed by atoms with E-state index in [1.807, 2.05) is 25.1 Å². The van der Waals surface area contributed by atoms with Gasteiger partial charge in [0.25, 0.3) is 0 Å². The molecule has 15 heavy (non-hydrogen) atoms. The highest BCUT2D eigenvalue weighted by atomic mass is 127. The SMILES string of the molecule is COc1ccc2c(Br)c(I)c(C)nc2c1. The van der Waals surface area contributed by atoms with E-state index in [0.29, 0.717) is 0 Å². The molecule has 0 saturated carbocycles. The van der Waals surface area contributed by atoms with E-state index in [0.717, 1.165) is 30.4 Å². The fourth-order valence-corrected chi connectivity index (χ4v) is 2.46. The van der Waals surface area contributed by atoms with Gasteiger partial charge in [-0.3, -0.25) is 4.98 Å². The second-order valence-corrected chi connectivity index (χ2v) is 5.08. The van der Waals surface area contributed by atoms with Crippen LogP contribution in [0.3, 0.4) is 0 Å². The van der Waals surface area contributed by atoms with Gasteiger partial charge in [-0.2, -0.15) is 0 Å². The van der Waals surface area contributed by atoms with E-state index < -0.39 is 0 Å². The van der Waals surface area contributed by atoms with Gasteiger partial charge in [0, 0.05) is 19.5 Å². The monoisotopic (exact) mass is 377 g/mol. The molecule has 4 heteroatoms. The van der Waals surface area contributed by atoms with E-state index in [2.05, 4.69) is 43.5 Å². The van der Waals surface area contributed by atoms with Crippen LogP contribution in [0.25, 0.3) is 10.9 Å². The number of benzene rings is 1. The highest BCUT2D eigenvalue weighted by Crippen LogP contribution is 2.31. The molecule has 78 valence electrons. The summed E-state index contributed by atoms with van der Waals surface area (Å²) in [5.41, 5.74) is 1.99. The van der Waals surface area contributed by atoms with Crippen molar-refractivity contribution < 1.29 is 4.74 Å². The largest absolute Gasteiger partial charge is 0.497 e. The van der Waals surface area contributed by atoms with E-state index in [4.69, 9.17) is 4.74 Å². The summed E-state index contributed by atoms with van der Waals surface area (Å²) in [6.07, 6.45) is 0. The number of ether oxygens (including phenoxy) is 1. The van der Waals surface area contributed by atoms with Crippen LogP contribution < -0.4 is 4.74 Å². The Morgan fingerprint density at radius 3 is 2.80 bits per heavy atom. The van der Waals surface area contributed by atoms with Crippen LogP contribution in [0.4, 0.5) is 0 Å². The second kappa shape index (κ2) is 4.25. The first-order valence-electron chi connectivity index (χ1n) is 4.43. The lowest BCUT2D eigenvalue weighted by atomic mass is 10.2. The van der Waals surface area contributed by atoms with Crippen LogP contribution in [-0.4, -0.2) is 12.1 Å². The maximum absolute atomic E-state index is 5.18. The number of nitrogens with zero attached hydrogens (tertiary/aromatic N) is 1. The quantitative estimate of drug-likeness (QED) is 0.703. The number of hydrogen-bond acceptors (Lipinski definition) is 2. The van der Waals surface area contributed by atoms with E-state index >= 15 is 0 Å². The van der Waals surface area contributed by atoms with Crippen LogP contribution in [0, 0.1) is 10.5 Å². The molecule has 2 aromatic rings. The minimum absolute atomic E-state index is 0.836. The molecule has 0 aliphatic carbocycles. The van der Waals surface area contributed by atoms with Crippen molar-refractivity contribution in [3.63, 3.8) is 0 Å². The number of halogens is 2. The van der Waals surface area contributed by atoms with E-state index in [-0.39, 0.29) is 0 Å². The van der Waals surface area contributed by atoms with Gasteiger partial charge in [0.15, 0.2) is 0 Å². The molecule has 0 saturated heterocycles. The number of hydrogen-bond donors (Lipinski definition) is 0. The number of fused-ring (bicyclic) bond motifs is 1. The van der Waals surface area contributed by atoms with Gasteiger partial charge in [0.1, 0.15) is 5.75 Å². The average molecular weight is 378 g/mol. The fraction of sp³-hybridized carbons (Fsp3) is 0.182. The topological polar surface area (TPSA) is 22.1 Å². The molecule has 0 fully saturated rings. The van der Waals surface area contributed by atoms with Gasteiger partial charge in [0.05, 0.1) is 18.3 Å².